The number of aldehydes is 1. The van der Waals surface area contributed by atoms with E-state index in [0.29, 0.717) is 23.6 Å². The highest BCUT2D eigenvalue weighted by atomic mass is 35.5. The van der Waals surface area contributed by atoms with Crippen LogP contribution in [0.15, 0.2) is 88.4 Å². The van der Waals surface area contributed by atoms with Crippen molar-refractivity contribution in [1.29, 1.82) is 0 Å². The van der Waals surface area contributed by atoms with Gasteiger partial charge >= 0.3 is 0 Å². The van der Waals surface area contributed by atoms with Gasteiger partial charge in [0.2, 0.25) is 0 Å². The van der Waals surface area contributed by atoms with E-state index in [4.69, 9.17) is 20.6 Å². The predicted octanol–water partition coefficient (Wildman–Crippen LogP) is 6.05. The number of nitrogens with one attached hydrogen (secondary N) is 1. The Kier molecular flexibility index (Phi) is 7.53. The van der Waals surface area contributed by atoms with Gasteiger partial charge in [-0.1, -0.05) is 29.3 Å². The fourth-order valence-electron chi connectivity index (χ4n) is 3.31. The fraction of sp³-hybridized carbons (Fsp3) is 0.0385. The van der Waals surface area contributed by atoms with Crippen molar-refractivity contribution in [2.45, 2.75) is 11.8 Å². The zero-order chi connectivity index (χ0) is 26.6. The molecule has 0 saturated heterocycles. The van der Waals surface area contributed by atoms with Crippen molar-refractivity contribution in [2.75, 3.05) is 5.32 Å². The highest BCUT2D eigenvalue weighted by Crippen LogP contribution is 2.31. The minimum atomic E-state index is -4.02. The number of furan rings is 1. The van der Waals surface area contributed by atoms with E-state index < -0.39 is 10.1 Å². The summed E-state index contributed by atoms with van der Waals surface area (Å²) in [6.45, 7) is 1.84. The lowest BCUT2D eigenvalue weighted by Gasteiger charge is -2.10. The largest absolute Gasteiger partial charge is 0.506 e. The van der Waals surface area contributed by atoms with Crippen LogP contribution in [0.25, 0.3) is 22.2 Å². The van der Waals surface area contributed by atoms with Crippen LogP contribution >= 0.6 is 11.6 Å². The molecule has 0 aliphatic rings. The van der Waals surface area contributed by atoms with Gasteiger partial charge in [-0.3, -0.25) is 9.35 Å². The van der Waals surface area contributed by atoms with Gasteiger partial charge in [-0.05, 0) is 67.6 Å². The van der Waals surface area contributed by atoms with Gasteiger partial charge in [-0.2, -0.15) is 8.42 Å². The first kappa shape index (κ1) is 25.8. The smallest absolute Gasteiger partial charge is 0.294 e. The van der Waals surface area contributed by atoms with E-state index in [2.05, 4.69) is 15.3 Å². The zero-order valence-electron chi connectivity index (χ0n) is 19.3. The van der Waals surface area contributed by atoms with Crippen LogP contribution in [-0.2, 0) is 10.1 Å². The number of anilines is 2. The number of aromatic nitrogens is 2. The Morgan fingerprint density at radius 1 is 0.973 bits per heavy atom. The van der Waals surface area contributed by atoms with Crippen molar-refractivity contribution in [1.82, 2.24) is 9.97 Å². The number of benzene rings is 3. The zero-order valence-corrected chi connectivity index (χ0v) is 20.9. The standard InChI is InChI=1S/C19H12ClN3O3.C7H8O3S/c20-15-8-12(2-5-17(15)25)23-19-14-7-11(1-4-16(14)21-10-22-19)18-6-3-13(9-24)26-18;1-6-2-4-7(5-3-6)11(8,9)10/h1-10,25H,(H,21,22,23);2-5H,1H3,(H,8,9,10). The third kappa shape index (κ3) is 6.31. The average molecular weight is 538 g/mol. The first-order chi connectivity index (χ1) is 17.6. The second-order valence-corrected chi connectivity index (χ2v) is 9.68. The van der Waals surface area contributed by atoms with Gasteiger partial charge in [0.25, 0.3) is 10.1 Å². The number of fused-ring (bicyclic) bond motifs is 1. The van der Waals surface area contributed by atoms with E-state index in [1.54, 1.807) is 36.4 Å². The van der Waals surface area contributed by atoms with E-state index in [0.717, 1.165) is 22.0 Å². The molecule has 9 nitrogen and oxygen atoms in total. The lowest BCUT2D eigenvalue weighted by atomic mass is 10.1. The highest BCUT2D eigenvalue weighted by molar-refractivity contribution is 7.85. The van der Waals surface area contributed by atoms with E-state index in [9.17, 15) is 18.3 Å². The Morgan fingerprint density at radius 2 is 1.73 bits per heavy atom. The minimum absolute atomic E-state index is 0.0100. The summed E-state index contributed by atoms with van der Waals surface area (Å²) in [5.41, 5.74) is 3.18. The molecule has 0 bridgehead atoms. The van der Waals surface area contributed by atoms with Crippen molar-refractivity contribution in [2.24, 2.45) is 0 Å². The number of carbonyl (C=O) groups excluding carboxylic acids is 1. The molecule has 5 rings (SSSR count). The van der Waals surface area contributed by atoms with E-state index in [1.165, 1.54) is 24.5 Å². The maximum absolute atomic E-state index is 10.8. The molecule has 11 heteroatoms. The van der Waals surface area contributed by atoms with Crippen molar-refractivity contribution < 1.29 is 27.3 Å². The Hall–Kier alpha value is -4.25. The monoisotopic (exact) mass is 537 g/mol. The number of halogens is 1. The van der Waals surface area contributed by atoms with E-state index in [-0.39, 0.29) is 21.4 Å². The highest BCUT2D eigenvalue weighted by Gasteiger charge is 2.10. The van der Waals surface area contributed by atoms with Gasteiger partial charge in [-0.25, -0.2) is 9.97 Å². The van der Waals surface area contributed by atoms with Crippen molar-refractivity contribution >= 4 is 50.4 Å². The van der Waals surface area contributed by atoms with Crippen molar-refractivity contribution in [3.63, 3.8) is 0 Å². The van der Waals surface area contributed by atoms with Gasteiger partial charge in [0.15, 0.2) is 12.0 Å². The summed E-state index contributed by atoms with van der Waals surface area (Å²) in [7, 11) is -4.02. The molecule has 37 heavy (non-hydrogen) atoms. The number of hydrogen-bond acceptors (Lipinski definition) is 8. The Balaban J connectivity index is 0.000000245. The van der Waals surface area contributed by atoms with Crippen molar-refractivity contribution in [3.05, 3.63) is 95.5 Å². The molecule has 2 aromatic heterocycles. The molecule has 188 valence electrons. The predicted molar refractivity (Wildman–Crippen MR) is 140 cm³/mol. The van der Waals surface area contributed by atoms with Gasteiger partial charge in [0.1, 0.15) is 23.7 Å². The lowest BCUT2D eigenvalue weighted by molar-refractivity contribution is 0.110. The van der Waals surface area contributed by atoms with Crippen LogP contribution in [0.2, 0.25) is 5.02 Å². The molecule has 0 fully saturated rings. The van der Waals surface area contributed by atoms with Gasteiger partial charge < -0.3 is 14.8 Å². The SMILES string of the molecule is Cc1ccc(S(=O)(=O)O)cc1.O=Cc1ccc(-c2ccc3ncnc(Nc4ccc(O)c(Cl)c4)c3c2)o1. The molecule has 3 N–H and O–H groups in total. The molecule has 0 aliphatic heterocycles. The molecular formula is C26H20ClN3O6S. The third-order valence-electron chi connectivity index (χ3n) is 5.19. The van der Waals surface area contributed by atoms with Crippen LogP contribution in [-0.4, -0.2) is 34.3 Å². The Morgan fingerprint density at radius 3 is 2.38 bits per heavy atom. The minimum Gasteiger partial charge on any atom is -0.506 e. The fourth-order valence-corrected chi connectivity index (χ4v) is 3.97. The second kappa shape index (κ2) is 10.8. The Bertz CT molecular complexity index is 1680. The molecule has 0 atom stereocenters. The molecule has 0 unspecified atom stereocenters. The number of phenols is 1. The maximum atomic E-state index is 10.8. The van der Waals surface area contributed by atoms with Crippen LogP contribution in [0, 0.1) is 6.92 Å². The van der Waals surface area contributed by atoms with E-state index in [1.807, 2.05) is 25.1 Å². The lowest BCUT2D eigenvalue weighted by Crippen LogP contribution is -1.96. The van der Waals surface area contributed by atoms with Gasteiger partial charge in [-0.15, -0.1) is 0 Å². The number of aryl methyl sites for hydroxylation is 1. The number of rotatable bonds is 5. The third-order valence-corrected chi connectivity index (χ3v) is 6.36. The molecule has 0 aliphatic carbocycles. The van der Waals surface area contributed by atoms with Crippen molar-refractivity contribution in [3.8, 4) is 17.1 Å². The van der Waals surface area contributed by atoms with Crippen LogP contribution in [0.3, 0.4) is 0 Å². The van der Waals surface area contributed by atoms with Crippen LogP contribution < -0.4 is 5.32 Å². The summed E-state index contributed by atoms with van der Waals surface area (Å²) in [5, 5.41) is 13.7. The maximum Gasteiger partial charge on any atom is 0.294 e. The molecule has 5 aromatic rings. The molecule has 2 heterocycles. The quantitative estimate of drug-likeness (QED) is 0.139. The summed E-state index contributed by atoms with van der Waals surface area (Å²) in [6, 6.07) is 19.7. The summed E-state index contributed by atoms with van der Waals surface area (Å²) < 4.78 is 35.0. The van der Waals surface area contributed by atoms with E-state index >= 15 is 0 Å². The molecule has 0 saturated carbocycles. The topological polar surface area (TPSA) is 143 Å². The number of carbonyl (C=O) groups is 1. The number of phenolic OH excluding ortho intramolecular Hbond substituents is 1. The number of nitrogens with zero attached hydrogens (tertiary/aromatic N) is 2. The van der Waals surface area contributed by atoms with Crippen LogP contribution in [0.5, 0.6) is 5.75 Å². The molecule has 0 amide bonds. The molecule has 0 radical (unpaired) electrons. The summed E-state index contributed by atoms with van der Waals surface area (Å²) in [4.78, 5) is 19.3. The molecular weight excluding hydrogens is 518 g/mol. The number of hydrogen-bond donors (Lipinski definition) is 3. The number of aromatic hydroxyl groups is 1. The second-order valence-electron chi connectivity index (χ2n) is 7.85. The molecule has 0 spiro atoms. The first-order valence-corrected chi connectivity index (χ1v) is 12.6. The van der Waals surface area contributed by atoms with Crippen LogP contribution in [0.4, 0.5) is 11.5 Å². The van der Waals surface area contributed by atoms with Crippen LogP contribution in [0.1, 0.15) is 16.1 Å². The van der Waals surface area contributed by atoms with Gasteiger partial charge in [0, 0.05) is 16.6 Å². The van der Waals surface area contributed by atoms with Gasteiger partial charge in [0.05, 0.1) is 15.4 Å². The molecule has 3 aromatic carbocycles. The Labute approximate surface area is 217 Å². The first-order valence-electron chi connectivity index (χ1n) is 10.7. The summed E-state index contributed by atoms with van der Waals surface area (Å²) >= 11 is 5.96. The summed E-state index contributed by atoms with van der Waals surface area (Å²) in [6.07, 6.45) is 2.12. The average Bonchev–Trinajstić information content (AvgIpc) is 3.36. The normalized spacial score (nSPS) is 11.0. The summed E-state index contributed by atoms with van der Waals surface area (Å²) in [5.74, 6) is 1.44.